The third kappa shape index (κ3) is 4.18. The van der Waals surface area contributed by atoms with Crippen molar-refractivity contribution in [2.24, 2.45) is 0 Å². The van der Waals surface area contributed by atoms with E-state index in [1.54, 1.807) is 37.4 Å². The van der Waals surface area contributed by atoms with E-state index in [2.05, 4.69) is 15.5 Å². The molecular formula is C19H19N3O4. The van der Waals surface area contributed by atoms with Crippen molar-refractivity contribution in [3.8, 4) is 22.9 Å². The second-order valence-electron chi connectivity index (χ2n) is 5.43. The molecule has 0 fully saturated rings. The molecule has 0 aliphatic heterocycles. The Balaban J connectivity index is 1.64. The van der Waals surface area contributed by atoms with Crippen LogP contribution in [0.2, 0.25) is 0 Å². The molecule has 0 aliphatic rings. The lowest BCUT2D eigenvalue weighted by atomic mass is 10.2. The summed E-state index contributed by atoms with van der Waals surface area (Å²) in [5.74, 6) is 1.95. The first-order valence-corrected chi connectivity index (χ1v) is 8.18. The van der Waals surface area contributed by atoms with Crippen molar-refractivity contribution in [3.05, 3.63) is 54.4 Å². The highest BCUT2D eigenvalue weighted by atomic mass is 16.5. The largest absolute Gasteiger partial charge is 0.497 e. The zero-order chi connectivity index (χ0) is 18.4. The monoisotopic (exact) mass is 353 g/mol. The normalized spacial score (nSPS) is 10.4. The molecule has 1 aromatic heterocycles. The molecule has 3 aromatic rings. The number of aryl methyl sites for hydroxylation is 1. The molecule has 134 valence electrons. The molecule has 26 heavy (non-hydrogen) atoms. The number of nitrogens with zero attached hydrogens (tertiary/aromatic N) is 2. The van der Waals surface area contributed by atoms with Crippen LogP contribution in [0.1, 0.15) is 12.8 Å². The third-order valence-corrected chi connectivity index (χ3v) is 3.63. The number of nitrogens with one attached hydrogen (secondary N) is 1. The van der Waals surface area contributed by atoms with Gasteiger partial charge in [-0.3, -0.25) is 4.79 Å². The van der Waals surface area contributed by atoms with Crippen LogP contribution >= 0.6 is 0 Å². The molecule has 0 saturated carbocycles. The number of hydrogen-bond acceptors (Lipinski definition) is 6. The predicted octanol–water partition coefficient (Wildman–Crippen LogP) is 3.33. The molecule has 0 bridgehead atoms. The first kappa shape index (κ1) is 17.5. The maximum atomic E-state index is 12.1. The van der Waals surface area contributed by atoms with Gasteiger partial charge in [0.1, 0.15) is 11.5 Å². The van der Waals surface area contributed by atoms with Gasteiger partial charge in [0.2, 0.25) is 11.7 Å². The highest BCUT2D eigenvalue weighted by Gasteiger charge is 2.13. The first-order chi connectivity index (χ1) is 12.7. The van der Waals surface area contributed by atoms with E-state index in [1.165, 1.54) is 0 Å². The fraction of sp³-hybridized carbons (Fsp3) is 0.211. The second kappa shape index (κ2) is 8.15. The van der Waals surface area contributed by atoms with E-state index in [9.17, 15) is 4.79 Å². The molecule has 0 atom stereocenters. The number of ether oxygens (including phenoxy) is 2. The molecular weight excluding hydrogens is 334 g/mol. The van der Waals surface area contributed by atoms with Crippen molar-refractivity contribution in [1.29, 1.82) is 0 Å². The summed E-state index contributed by atoms with van der Waals surface area (Å²) in [4.78, 5) is 16.4. The number of anilines is 1. The zero-order valence-electron chi connectivity index (χ0n) is 14.6. The Labute approximate surface area is 150 Å². The van der Waals surface area contributed by atoms with Crippen molar-refractivity contribution in [1.82, 2.24) is 10.1 Å². The number of hydrogen-bond donors (Lipinski definition) is 1. The zero-order valence-corrected chi connectivity index (χ0v) is 14.6. The van der Waals surface area contributed by atoms with Gasteiger partial charge < -0.3 is 19.3 Å². The van der Waals surface area contributed by atoms with Crippen LogP contribution in [0.3, 0.4) is 0 Å². The Hall–Kier alpha value is -3.35. The smallest absolute Gasteiger partial charge is 0.262 e. The molecule has 0 spiro atoms. The van der Waals surface area contributed by atoms with Gasteiger partial charge in [-0.25, -0.2) is 0 Å². The molecule has 3 rings (SSSR count). The maximum Gasteiger partial charge on any atom is 0.262 e. The van der Waals surface area contributed by atoms with E-state index in [4.69, 9.17) is 14.0 Å². The summed E-state index contributed by atoms with van der Waals surface area (Å²) in [5.41, 5.74) is 1.34. The van der Waals surface area contributed by atoms with Crippen molar-refractivity contribution < 1.29 is 18.8 Å². The Bertz CT molecular complexity index is 875. The molecule has 0 aliphatic carbocycles. The number of para-hydroxylation sites is 1. The van der Waals surface area contributed by atoms with Crippen molar-refractivity contribution in [2.75, 3.05) is 19.0 Å². The number of carbonyl (C=O) groups is 1. The Morgan fingerprint density at radius 3 is 2.62 bits per heavy atom. The van der Waals surface area contributed by atoms with Gasteiger partial charge in [-0.05, 0) is 36.4 Å². The molecule has 1 amide bonds. The first-order valence-electron chi connectivity index (χ1n) is 8.18. The number of aromatic nitrogens is 2. The fourth-order valence-corrected chi connectivity index (χ4v) is 2.30. The lowest BCUT2D eigenvalue weighted by molar-refractivity contribution is -0.118. The van der Waals surface area contributed by atoms with Crippen LogP contribution in [0.15, 0.2) is 53.1 Å². The van der Waals surface area contributed by atoms with Gasteiger partial charge in [-0.2, -0.15) is 4.98 Å². The van der Waals surface area contributed by atoms with E-state index in [1.807, 2.05) is 25.1 Å². The Morgan fingerprint density at radius 1 is 1.15 bits per heavy atom. The quantitative estimate of drug-likeness (QED) is 0.701. The van der Waals surface area contributed by atoms with Crippen LogP contribution < -0.4 is 14.8 Å². The van der Waals surface area contributed by atoms with Crippen LogP contribution in [0.25, 0.3) is 11.4 Å². The van der Waals surface area contributed by atoms with Gasteiger partial charge in [-0.1, -0.05) is 24.2 Å². The number of carbonyl (C=O) groups excluding carboxylic acids is 1. The van der Waals surface area contributed by atoms with E-state index in [0.29, 0.717) is 35.1 Å². The van der Waals surface area contributed by atoms with Crippen molar-refractivity contribution in [3.63, 3.8) is 0 Å². The number of rotatable bonds is 7. The molecule has 0 saturated heterocycles. The Kier molecular flexibility index (Phi) is 5.48. The minimum absolute atomic E-state index is 0.137. The molecule has 0 radical (unpaired) electrons. The minimum Gasteiger partial charge on any atom is -0.497 e. The van der Waals surface area contributed by atoms with Crippen molar-refractivity contribution in [2.45, 2.75) is 13.3 Å². The molecule has 7 nitrogen and oxygen atoms in total. The minimum atomic E-state index is -0.271. The van der Waals surface area contributed by atoms with Crippen molar-refractivity contribution >= 4 is 11.6 Å². The summed E-state index contributed by atoms with van der Waals surface area (Å²) in [6.45, 7) is 1.80. The van der Waals surface area contributed by atoms with Crippen LogP contribution in [0.5, 0.6) is 11.5 Å². The van der Waals surface area contributed by atoms with Crippen LogP contribution in [-0.2, 0) is 11.2 Å². The standard InChI is InChI=1S/C19H19N3O4/c1-3-18-21-19(22-26-18)15-6-4-5-7-16(15)25-12-17(23)20-13-8-10-14(24-2)11-9-13/h4-11H,3,12H2,1-2H3,(H,20,23). The average Bonchev–Trinajstić information content (AvgIpc) is 3.16. The van der Waals surface area contributed by atoms with Crippen LogP contribution in [-0.4, -0.2) is 29.8 Å². The highest BCUT2D eigenvalue weighted by Crippen LogP contribution is 2.27. The fourth-order valence-electron chi connectivity index (χ4n) is 2.30. The number of methoxy groups -OCH3 is 1. The van der Waals surface area contributed by atoms with Crippen LogP contribution in [0.4, 0.5) is 5.69 Å². The summed E-state index contributed by atoms with van der Waals surface area (Å²) >= 11 is 0. The van der Waals surface area contributed by atoms with Gasteiger partial charge in [0, 0.05) is 12.1 Å². The van der Waals surface area contributed by atoms with Crippen LogP contribution in [0, 0.1) is 0 Å². The summed E-state index contributed by atoms with van der Waals surface area (Å²) in [7, 11) is 1.59. The lowest BCUT2D eigenvalue weighted by Gasteiger charge is -2.10. The van der Waals surface area contributed by atoms with Gasteiger partial charge in [0.05, 0.1) is 12.7 Å². The summed E-state index contributed by atoms with van der Waals surface area (Å²) in [6.07, 6.45) is 0.653. The SMILES string of the molecule is CCc1nc(-c2ccccc2OCC(=O)Nc2ccc(OC)cc2)no1. The van der Waals surface area contributed by atoms with Gasteiger partial charge in [-0.15, -0.1) is 0 Å². The van der Waals surface area contributed by atoms with Gasteiger partial charge in [0.25, 0.3) is 5.91 Å². The third-order valence-electron chi connectivity index (χ3n) is 3.63. The van der Waals surface area contributed by atoms with Gasteiger partial charge >= 0.3 is 0 Å². The molecule has 1 heterocycles. The molecule has 7 heteroatoms. The van der Waals surface area contributed by atoms with E-state index in [0.717, 1.165) is 5.75 Å². The van der Waals surface area contributed by atoms with E-state index < -0.39 is 0 Å². The highest BCUT2D eigenvalue weighted by molar-refractivity contribution is 5.92. The predicted molar refractivity (Wildman–Crippen MR) is 96.2 cm³/mol. The lowest BCUT2D eigenvalue weighted by Crippen LogP contribution is -2.20. The average molecular weight is 353 g/mol. The molecule has 2 aromatic carbocycles. The number of benzene rings is 2. The molecule has 0 unspecified atom stereocenters. The van der Waals surface area contributed by atoms with E-state index >= 15 is 0 Å². The summed E-state index contributed by atoms with van der Waals surface area (Å²) in [5, 5.41) is 6.72. The maximum absolute atomic E-state index is 12.1. The summed E-state index contributed by atoms with van der Waals surface area (Å²) in [6, 6.07) is 14.3. The van der Waals surface area contributed by atoms with E-state index in [-0.39, 0.29) is 12.5 Å². The Morgan fingerprint density at radius 2 is 1.92 bits per heavy atom. The molecule has 1 N–H and O–H groups in total. The number of amides is 1. The topological polar surface area (TPSA) is 86.5 Å². The van der Waals surface area contributed by atoms with Gasteiger partial charge in [0.15, 0.2) is 6.61 Å². The summed E-state index contributed by atoms with van der Waals surface area (Å²) < 4.78 is 15.9. The second-order valence-corrected chi connectivity index (χ2v) is 5.43.